The minimum absolute atomic E-state index is 0.0562. The number of nitrogens with one attached hydrogen (secondary N) is 2. The largest absolute Gasteiger partial charge is 0.497 e. The van der Waals surface area contributed by atoms with Crippen molar-refractivity contribution in [1.29, 1.82) is 0 Å². The third kappa shape index (κ3) is 4.07. The van der Waals surface area contributed by atoms with E-state index < -0.39 is 11.8 Å². The van der Waals surface area contributed by atoms with Gasteiger partial charge in [-0.25, -0.2) is 0 Å². The van der Waals surface area contributed by atoms with Crippen molar-refractivity contribution in [2.45, 2.75) is 18.8 Å². The highest BCUT2D eigenvalue weighted by molar-refractivity contribution is 5.76. The summed E-state index contributed by atoms with van der Waals surface area (Å²) in [5.41, 5.74) is 7.97. The molecule has 4 N–H and O–H groups in total. The van der Waals surface area contributed by atoms with Crippen molar-refractivity contribution in [3.8, 4) is 23.0 Å². The summed E-state index contributed by atoms with van der Waals surface area (Å²) in [5.74, 6) is 1.06. The molecule has 0 spiro atoms. The fraction of sp³-hybridized carbons (Fsp3) is 0.273. The molecule has 0 unspecified atom stereocenters. The normalized spacial score (nSPS) is 13.1. The highest BCUT2D eigenvalue weighted by atomic mass is 16.7. The molecule has 1 amide bonds. The van der Waals surface area contributed by atoms with Crippen molar-refractivity contribution in [2.24, 2.45) is 5.73 Å². The van der Waals surface area contributed by atoms with Crippen LogP contribution in [0.15, 0.2) is 41.2 Å². The van der Waals surface area contributed by atoms with Crippen LogP contribution in [0.3, 0.4) is 0 Å². The summed E-state index contributed by atoms with van der Waals surface area (Å²) in [6.07, 6.45) is 0.397. The fourth-order valence-corrected chi connectivity index (χ4v) is 3.80. The Morgan fingerprint density at radius 1 is 1.13 bits per heavy atom. The first kappa shape index (κ1) is 20.4. The van der Waals surface area contributed by atoms with E-state index in [-0.39, 0.29) is 18.8 Å². The summed E-state index contributed by atoms with van der Waals surface area (Å²) in [7, 11) is 3.12. The Balaban J connectivity index is 1.76. The molecule has 1 aliphatic heterocycles. The highest BCUT2D eigenvalue weighted by Gasteiger charge is 2.29. The second kappa shape index (κ2) is 8.47. The Labute approximate surface area is 178 Å². The molecular weight excluding hydrogens is 402 g/mol. The number of H-pyrrole nitrogens is 2. The minimum atomic E-state index is -0.593. The number of hydrogen-bond acceptors (Lipinski definition) is 6. The first-order chi connectivity index (χ1) is 15.0. The number of carbonyl (C=O) groups excluding carboxylic acids is 1. The summed E-state index contributed by atoms with van der Waals surface area (Å²) in [5, 5.41) is 5.59. The SMILES string of the molecule is COc1ccc(Cc2[nH][nH]c(=O)c2[C@H](CC(N)=O)c2cc(OC)c3c(c2)OCO3)cc1. The second-order valence-electron chi connectivity index (χ2n) is 7.18. The number of benzene rings is 2. The lowest BCUT2D eigenvalue weighted by molar-refractivity contribution is -0.118. The maximum absolute atomic E-state index is 12.8. The maximum atomic E-state index is 12.8. The van der Waals surface area contributed by atoms with Crippen molar-refractivity contribution < 1.29 is 23.7 Å². The molecule has 2 aromatic carbocycles. The first-order valence-corrected chi connectivity index (χ1v) is 9.68. The van der Waals surface area contributed by atoms with E-state index in [4.69, 9.17) is 24.7 Å². The Morgan fingerprint density at radius 3 is 2.58 bits per heavy atom. The number of amides is 1. The van der Waals surface area contributed by atoms with Crippen LogP contribution in [0.4, 0.5) is 0 Å². The molecule has 0 saturated heterocycles. The van der Waals surface area contributed by atoms with Gasteiger partial charge in [0.15, 0.2) is 11.5 Å². The van der Waals surface area contributed by atoms with Crippen LogP contribution in [-0.4, -0.2) is 37.1 Å². The van der Waals surface area contributed by atoms with Gasteiger partial charge in [0.1, 0.15) is 5.75 Å². The van der Waals surface area contributed by atoms with E-state index in [0.717, 1.165) is 11.3 Å². The molecule has 4 rings (SSSR count). The monoisotopic (exact) mass is 425 g/mol. The highest BCUT2D eigenvalue weighted by Crippen LogP contribution is 2.44. The lowest BCUT2D eigenvalue weighted by Crippen LogP contribution is -2.21. The maximum Gasteiger partial charge on any atom is 0.267 e. The number of aromatic nitrogens is 2. The Hall–Kier alpha value is -3.88. The third-order valence-electron chi connectivity index (χ3n) is 5.27. The van der Waals surface area contributed by atoms with Gasteiger partial charge in [-0.05, 0) is 35.4 Å². The molecule has 1 aliphatic rings. The molecule has 0 aliphatic carbocycles. The summed E-state index contributed by atoms with van der Waals surface area (Å²) < 4.78 is 21.6. The van der Waals surface area contributed by atoms with Crippen LogP contribution in [0.2, 0.25) is 0 Å². The van der Waals surface area contributed by atoms with E-state index >= 15 is 0 Å². The third-order valence-corrected chi connectivity index (χ3v) is 5.27. The van der Waals surface area contributed by atoms with Crippen LogP contribution in [0.5, 0.6) is 23.0 Å². The predicted octanol–water partition coefficient (Wildman–Crippen LogP) is 2.05. The van der Waals surface area contributed by atoms with E-state index in [9.17, 15) is 9.59 Å². The van der Waals surface area contributed by atoms with Crippen molar-refractivity contribution in [2.75, 3.05) is 21.0 Å². The Morgan fingerprint density at radius 2 is 1.90 bits per heavy atom. The van der Waals surface area contributed by atoms with E-state index in [0.29, 0.717) is 40.5 Å². The predicted molar refractivity (Wildman–Crippen MR) is 112 cm³/mol. The molecule has 0 fully saturated rings. The van der Waals surface area contributed by atoms with Gasteiger partial charge in [0, 0.05) is 30.0 Å². The molecule has 31 heavy (non-hydrogen) atoms. The number of carbonyl (C=O) groups is 1. The van der Waals surface area contributed by atoms with Crippen LogP contribution in [-0.2, 0) is 11.2 Å². The van der Waals surface area contributed by atoms with E-state index in [1.54, 1.807) is 19.2 Å². The van der Waals surface area contributed by atoms with Crippen LogP contribution in [0.25, 0.3) is 0 Å². The summed E-state index contributed by atoms with van der Waals surface area (Å²) in [6, 6.07) is 11.0. The molecule has 1 aromatic heterocycles. The van der Waals surface area contributed by atoms with E-state index in [1.165, 1.54) is 7.11 Å². The van der Waals surface area contributed by atoms with Crippen LogP contribution < -0.4 is 30.2 Å². The number of methoxy groups -OCH3 is 2. The fourth-order valence-electron chi connectivity index (χ4n) is 3.80. The quantitative estimate of drug-likeness (QED) is 0.507. The number of hydrogen-bond donors (Lipinski definition) is 3. The summed E-state index contributed by atoms with van der Waals surface area (Å²) in [6.45, 7) is 0.0725. The van der Waals surface area contributed by atoms with Gasteiger partial charge in [-0.3, -0.25) is 14.7 Å². The van der Waals surface area contributed by atoms with Gasteiger partial charge in [0.2, 0.25) is 18.4 Å². The van der Waals surface area contributed by atoms with Gasteiger partial charge < -0.3 is 29.8 Å². The van der Waals surface area contributed by atoms with Gasteiger partial charge in [-0.2, -0.15) is 0 Å². The van der Waals surface area contributed by atoms with E-state index in [2.05, 4.69) is 10.2 Å². The molecule has 0 bridgehead atoms. The Kier molecular flexibility index (Phi) is 5.57. The smallest absolute Gasteiger partial charge is 0.267 e. The molecular formula is C22H23N3O6. The summed E-state index contributed by atoms with van der Waals surface area (Å²) in [4.78, 5) is 24.7. The molecule has 162 valence electrons. The zero-order valence-corrected chi connectivity index (χ0v) is 17.2. The zero-order valence-electron chi connectivity index (χ0n) is 17.2. The van der Waals surface area contributed by atoms with Gasteiger partial charge in [-0.1, -0.05) is 12.1 Å². The van der Waals surface area contributed by atoms with Crippen LogP contribution >= 0.6 is 0 Å². The molecule has 9 nitrogen and oxygen atoms in total. The number of primary amides is 1. The van der Waals surface area contributed by atoms with Gasteiger partial charge in [0.05, 0.1) is 14.2 Å². The van der Waals surface area contributed by atoms with Crippen molar-refractivity contribution >= 4 is 5.91 Å². The first-order valence-electron chi connectivity index (χ1n) is 9.68. The number of rotatable bonds is 8. The lowest BCUT2D eigenvalue weighted by atomic mass is 9.86. The number of ether oxygens (including phenoxy) is 4. The Bertz CT molecular complexity index is 1150. The zero-order chi connectivity index (χ0) is 22.0. The van der Waals surface area contributed by atoms with Gasteiger partial charge in [0.25, 0.3) is 5.56 Å². The number of nitrogens with two attached hydrogens (primary N) is 1. The van der Waals surface area contributed by atoms with Gasteiger partial charge >= 0.3 is 0 Å². The molecule has 3 aromatic rings. The van der Waals surface area contributed by atoms with Crippen molar-refractivity contribution in [3.63, 3.8) is 0 Å². The number of aromatic amines is 2. The molecule has 2 heterocycles. The van der Waals surface area contributed by atoms with Crippen LogP contribution in [0, 0.1) is 0 Å². The van der Waals surface area contributed by atoms with Crippen LogP contribution in [0.1, 0.15) is 34.7 Å². The average Bonchev–Trinajstić information content (AvgIpc) is 3.38. The molecule has 9 heteroatoms. The average molecular weight is 425 g/mol. The van der Waals surface area contributed by atoms with Gasteiger partial charge in [-0.15, -0.1) is 0 Å². The minimum Gasteiger partial charge on any atom is -0.497 e. The molecule has 0 saturated carbocycles. The van der Waals surface area contributed by atoms with Crippen molar-refractivity contribution in [3.05, 3.63) is 69.1 Å². The number of fused-ring (bicyclic) bond motifs is 1. The standard InChI is InChI=1S/C22H23N3O6/c1-28-14-5-3-12(4-6-14)7-16-20(22(27)25-24-16)15(10-19(23)26)13-8-17(29-2)21-18(9-13)30-11-31-21/h3-6,8-9,15H,7,10-11H2,1-2H3,(H2,23,26)(H2,24,25,27)/t15-/m1/s1. The molecule has 0 radical (unpaired) electrons. The topological polar surface area (TPSA) is 129 Å². The lowest BCUT2D eigenvalue weighted by Gasteiger charge is -2.18. The van der Waals surface area contributed by atoms with Crippen molar-refractivity contribution in [1.82, 2.24) is 10.2 Å². The van der Waals surface area contributed by atoms with E-state index in [1.807, 2.05) is 24.3 Å². The summed E-state index contributed by atoms with van der Waals surface area (Å²) >= 11 is 0. The molecule has 1 atom stereocenters. The second-order valence-corrected chi connectivity index (χ2v) is 7.18.